The maximum Gasteiger partial charge on any atom is 0.293 e. The second kappa shape index (κ2) is 7.50. The van der Waals surface area contributed by atoms with Crippen LogP contribution in [0.1, 0.15) is 19.8 Å². The highest BCUT2D eigenvalue weighted by molar-refractivity contribution is 7.89. The largest absolute Gasteiger partial charge is 0.366 e. The summed E-state index contributed by atoms with van der Waals surface area (Å²) in [4.78, 5) is 14.4. The number of hydrogen-bond donors (Lipinski definition) is 1. The highest BCUT2D eigenvalue weighted by Crippen LogP contribution is 2.34. The highest BCUT2D eigenvalue weighted by Gasteiger charge is 2.32. The first-order valence-electron chi connectivity index (χ1n) is 9.14. The molecule has 1 aromatic rings. The number of sulfonamides is 1. The van der Waals surface area contributed by atoms with E-state index in [0.717, 1.165) is 39.0 Å². The predicted octanol–water partition coefficient (Wildman–Crippen LogP) is 0.350. The molecule has 2 fully saturated rings. The number of nitrogens with zero attached hydrogens (tertiary/aromatic N) is 3. The van der Waals surface area contributed by atoms with Crippen LogP contribution in [0.3, 0.4) is 0 Å². The molecule has 0 aromatic heterocycles. The summed E-state index contributed by atoms with van der Waals surface area (Å²) in [6, 6.07) is 4.35. The minimum absolute atomic E-state index is 0.0116. The van der Waals surface area contributed by atoms with Crippen LogP contribution in [0, 0.1) is 16.0 Å². The summed E-state index contributed by atoms with van der Waals surface area (Å²) in [6.07, 6.45) is 2.10. The second-order valence-electron chi connectivity index (χ2n) is 7.46. The van der Waals surface area contributed by atoms with Gasteiger partial charge in [0.15, 0.2) is 0 Å². The van der Waals surface area contributed by atoms with Crippen LogP contribution in [0.15, 0.2) is 23.1 Å². The van der Waals surface area contributed by atoms with Gasteiger partial charge in [-0.05, 0) is 30.9 Å². The van der Waals surface area contributed by atoms with Gasteiger partial charge in [-0.3, -0.25) is 10.1 Å². The molecule has 3 rings (SSSR count). The lowest BCUT2D eigenvalue weighted by Crippen LogP contribution is -3.12. The Kier molecular flexibility index (Phi) is 5.50. The molecule has 2 saturated heterocycles. The molecule has 0 unspecified atom stereocenters. The van der Waals surface area contributed by atoms with Crippen LogP contribution in [-0.2, 0) is 10.0 Å². The van der Waals surface area contributed by atoms with Crippen LogP contribution < -0.4 is 9.80 Å². The third-order valence-electron chi connectivity index (χ3n) is 5.36. The molecule has 2 aliphatic rings. The molecule has 0 aliphatic carbocycles. The fourth-order valence-corrected chi connectivity index (χ4v) is 5.20. The number of benzene rings is 1. The van der Waals surface area contributed by atoms with Crippen LogP contribution in [0.25, 0.3) is 0 Å². The molecule has 1 aromatic carbocycles. The summed E-state index contributed by atoms with van der Waals surface area (Å²) >= 11 is 0. The van der Waals surface area contributed by atoms with Crippen molar-refractivity contribution in [1.29, 1.82) is 0 Å². The van der Waals surface area contributed by atoms with Crippen LogP contribution >= 0.6 is 0 Å². The normalized spacial score (nSPS) is 23.2. The Hall–Kier alpha value is -1.71. The van der Waals surface area contributed by atoms with Crippen molar-refractivity contribution in [1.82, 2.24) is 4.31 Å². The van der Waals surface area contributed by atoms with Gasteiger partial charge < -0.3 is 9.80 Å². The smallest absolute Gasteiger partial charge is 0.293 e. The van der Waals surface area contributed by atoms with E-state index in [2.05, 4.69) is 6.92 Å². The summed E-state index contributed by atoms with van der Waals surface area (Å²) in [5.41, 5.74) is 0.392. The summed E-state index contributed by atoms with van der Waals surface area (Å²) in [7, 11) is -1.67. The van der Waals surface area contributed by atoms with Gasteiger partial charge in [0.1, 0.15) is 5.69 Å². The van der Waals surface area contributed by atoms with Crippen LogP contribution in [0.2, 0.25) is 0 Å². The third kappa shape index (κ3) is 3.84. The SMILES string of the molecule is C[C@@H]1CCCN(c2ccc(S(=O)(=O)N3CC[NH+](C)CC3)cc2[N+](=O)[O-])C1. The van der Waals surface area contributed by atoms with Gasteiger partial charge in [-0.25, -0.2) is 8.42 Å². The number of nitro groups is 1. The average molecular weight is 383 g/mol. The number of piperazine rings is 1. The van der Waals surface area contributed by atoms with Gasteiger partial charge in [-0.15, -0.1) is 0 Å². The van der Waals surface area contributed by atoms with E-state index in [4.69, 9.17) is 0 Å². The molecule has 26 heavy (non-hydrogen) atoms. The average Bonchev–Trinajstić information content (AvgIpc) is 2.61. The Bertz CT molecular complexity index is 775. The van der Waals surface area contributed by atoms with Crippen molar-refractivity contribution in [2.24, 2.45) is 5.92 Å². The van der Waals surface area contributed by atoms with Crippen molar-refractivity contribution < 1.29 is 18.2 Å². The molecule has 144 valence electrons. The molecule has 2 heterocycles. The predicted molar refractivity (Wildman–Crippen MR) is 99.1 cm³/mol. The summed E-state index contributed by atoms with van der Waals surface area (Å²) in [5.74, 6) is 0.472. The molecule has 0 amide bonds. The van der Waals surface area contributed by atoms with E-state index < -0.39 is 14.9 Å². The fourth-order valence-electron chi connectivity index (χ4n) is 3.74. The monoisotopic (exact) mass is 383 g/mol. The lowest BCUT2D eigenvalue weighted by Gasteiger charge is -2.32. The van der Waals surface area contributed by atoms with Gasteiger partial charge in [0.25, 0.3) is 5.69 Å². The van der Waals surface area contributed by atoms with Crippen molar-refractivity contribution in [2.45, 2.75) is 24.7 Å². The van der Waals surface area contributed by atoms with E-state index in [1.165, 1.54) is 21.3 Å². The number of nitro benzene ring substituents is 1. The third-order valence-corrected chi connectivity index (χ3v) is 7.25. The Morgan fingerprint density at radius 2 is 1.92 bits per heavy atom. The zero-order chi connectivity index (χ0) is 18.9. The number of quaternary nitrogens is 1. The summed E-state index contributed by atoms with van der Waals surface area (Å²) < 4.78 is 27.2. The first-order chi connectivity index (χ1) is 12.3. The van der Waals surface area contributed by atoms with Crippen LogP contribution in [-0.4, -0.2) is 64.0 Å². The van der Waals surface area contributed by atoms with Gasteiger partial charge in [0.2, 0.25) is 10.0 Å². The Labute approximate surface area is 154 Å². The van der Waals surface area contributed by atoms with E-state index in [0.29, 0.717) is 24.7 Å². The Morgan fingerprint density at radius 3 is 2.54 bits per heavy atom. The maximum absolute atomic E-state index is 12.9. The van der Waals surface area contributed by atoms with E-state index in [9.17, 15) is 18.5 Å². The molecule has 8 nitrogen and oxygen atoms in total. The lowest BCUT2D eigenvalue weighted by molar-refractivity contribution is -0.883. The standard InChI is InChI=1S/C17H26N4O4S/c1-14-4-3-7-19(13-14)16-6-5-15(12-17(16)21(22)23)26(24,25)20-10-8-18(2)9-11-20/h5-6,12,14H,3-4,7-11,13H2,1-2H3/p+1/t14-/m1/s1. The van der Waals surface area contributed by atoms with Gasteiger partial charge in [0, 0.05) is 19.2 Å². The number of likely N-dealkylation sites (N-methyl/N-ethyl adjacent to an activating group) is 1. The van der Waals surface area contributed by atoms with Crippen molar-refractivity contribution in [2.75, 3.05) is 51.2 Å². The van der Waals surface area contributed by atoms with Gasteiger partial charge in [-0.1, -0.05) is 6.92 Å². The van der Waals surface area contributed by atoms with E-state index >= 15 is 0 Å². The van der Waals surface area contributed by atoms with E-state index in [-0.39, 0.29) is 10.6 Å². The number of nitrogens with one attached hydrogen (secondary N) is 1. The number of hydrogen-bond acceptors (Lipinski definition) is 5. The Morgan fingerprint density at radius 1 is 1.23 bits per heavy atom. The van der Waals surface area contributed by atoms with Crippen molar-refractivity contribution in [3.05, 3.63) is 28.3 Å². The molecule has 9 heteroatoms. The minimum Gasteiger partial charge on any atom is -0.366 e. The summed E-state index contributed by atoms with van der Waals surface area (Å²) in [5, 5.41) is 11.6. The quantitative estimate of drug-likeness (QED) is 0.599. The second-order valence-corrected chi connectivity index (χ2v) is 9.40. The summed E-state index contributed by atoms with van der Waals surface area (Å²) in [6.45, 7) is 6.01. The van der Waals surface area contributed by atoms with Gasteiger partial charge in [-0.2, -0.15) is 4.31 Å². The first-order valence-corrected chi connectivity index (χ1v) is 10.6. The fraction of sp³-hybridized carbons (Fsp3) is 0.647. The topological polar surface area (TPSA) is 88.2 Å². The van der Waals surface area contributed by atoms with Crippen LogP contribution in [0.4, 0.5) is 11.4 Å². The van der Waals surface area contributed by atoms with E-state index in [1.54, 1.807) is 6.07 Å². The van der Waals surface area contributed by atoms with Crippen LogP contribution in [0.5, 0.6) is 0 Å². The molecule has 0 bridgehead atoms. The zero-order valence-electron chi connectivity index (χ0n) is 15.3. The minimum atomic E-state index is -3.70. The maximum atomic E-state index is 12.9. The lowest BCUT2D eigenvalue weighted by atomic mass is 9.99. The Balaban J connectivity index is 1.92. The number of rotatable bonds is 4. The zero-order valence-corrected chi connectivity index (χ0v) is 16.2. The first kappa shape index (κ1) is 19.1. The van der Waals surface area contributed by atoms with Crippen molar-refractivity contribution in [3.8, 4) is 0 Å². The molecule has 0 radical (unpaired) electrons. The van der Waals surface area contributed by atoms with Gasteiger partial charge in [0.05, 0.1) is 43.0 Å². The molecule has 0 saturated carbocycles. The van der Waals surface area contributed by atoms with E-state index in [1.807, 2.05) is 11.9 Å². The van der Waals surface area contributed by atoms with Crippen molar-refractivity contribution in [3.63, 3.8) is 0 Å². The molecule has 2 aliphatic heterocycles. The molecule has 1 N–H and O–H groups in total. The highest BCUT2D eigenvalue weighted by atomic mass is 32.2. The molecular formula is C17H27N4O4S+. The molecular weight excluding hydrogens is 356 g/mol. The molecule has 0 spiro atoms. The molecule has 1 atom stereocenters. The van der Waals surface area contributed by atoms with Gasteiger partial charge >= 0.3 is 0 Å². The van der Waals surface area contributed by atoms with Crippen molar-refractivity contribution >= 4 is 21.4 Å². The number of anilines is 1. The number of piperidine rings is 1.